The molecule has 0 bridgehead atoms. The first-order chi connectivity index (χ1) is 19.6. The van der Waals surface area contributed by atoms with Gasteiger partial charge >= 0.3 is 0 Å². The van der Waals surface area contributed by atoms with Crippen molar-refractivity contribution in [2.45, 2.75) is 19.3 Å². The van der Waals surface area contributed by atoms with Crippen molar-refractivity contribution in [3.05, 3.63) is 139 Å². The predicted molar refractivity (Wildman–Crippen MR) is 170 cm³/mol. The van der Waals surface area contributed by atoms with E-state index in [1.54, 1.807) is 0 Å². The lowest BCUT2D eigenvalue weighted by molar-refractivity contribution is 0.661. The third-order valence-corrected chi connectivity index (χ3v) is 8.97. The van der Waals surface area contributed by atoms with E-state index in [0.717, 1.165) is 5.69 Å². The van der Waals surface area contributed by atoms with Gasteiger partial charge in [0.05, 0.1) is 16.9 Å². The fourth-order valence-corrected chi connectivity index (χ4v) is 7.10. The first-order valence-electron chi connectivity index (χ1n) is 14.0. The van der Waals surface area contributed by atoms with E-state index >= 15 is 0 Å². The van der Waals surface area contributed by atoms with Crippen LogP contribution in [0.5, 0.6) is 0 Å². The average molecular weight is 515 g/mol. The zero-order valence-corrected chi connectivity index (χ0v) is 23.0. The zero-order valence-electron chi connectivity index (χ0n) is 23.0. The van der Waals surface area contributed by atoms with E-state index in [1.807, 2.05) is 0 Å². The maximum atomic E-state index is 2.48. The number of hydrogen-bond acceptors (Lipinski definition) is 1. The topological polar surface area (TPSA) is 8.17 Å². The largest absolute Gasteiger partial charge is 0.342 e. The highest BCUT2D eigenvalue weighted by atomic mass is 15.2. The maximum Gasteiger partial charge on any atom is 0.0733 e. The molecule has 1 heterocycles. The number of hydrogen-bond donors (Lipinski definition) is 0. The van der Waals surface area contributed by atoms with Crippen molar-refractivity contribution < 1.29 is 0 Å². The van der Waals surface area contributed by atoms with Crippen LogP contribution in [0.1, 0.15) is 25.0 Å². The molecular formula is C38H30N2. The van der Waals surface area contributed by atoms with Crippen LogP contribution < -0.4 is 4.90 Å². The summed E-state index contributed by atoms with van der Waals surface area (Å²) < 4.78 is 2.35. The highest BCUT2D eigenvalue weighted by Crippen LogP contribution is 2.54. The Hall–Kier alpha value is -4.82. The van der Waals surface area contributed by atoms with Crippen molar-refractivity contribution in [3.8, 4) is 11.1 Å². The quantitative estimate of drug-likeness (QED) is 0.228. The molecule has 7 aromatic rings. The van der Waals surface area contributed by atoms with Gasteiger partial charge in [0, 0.05) is 39.8 Å². The summed E-state index contributed by atoms with van der Waals surface area (Å²) in [6.07, 6.45) is 0. The van der Waals surface area contributed by atoms with Crippen LogP contribution >= 0.6 is 0 Å². The van der Waals surface area contributed by atoms with Gasteiger partial charge in [-0.2, -0.15) is 0 Å². The molecule has 0 radical (unpaired) electrons. The zero-order chi connectivity index (χ0) is 27.0. The van der Waals surface area contributed by atoms with Gasteiger partial charge in [0.2, 0.25) is 0 Å². The Labute approximate surface area is 234 Å². The summed E-state index contributed by atoms with van der Waals surface area (Å²) in [5, 5.41) is 5.12. The second kappa shape index (κ2) is 8.34. The molecule has 0 saturated heterocycles. The number of aryl methyl sites for hydroxylation is 1. The number of aromatic nitrogens is 1. The van der Waals surface area contributed by atoms with Crippen LogP contribution in [0.3, 0.4) is 0 Å². The molecule has 0 spiro atoms. The van der Waals surface area contributed by atoms with Crippen LogP contribution in [0.4, 0.5) is 17.1 Å². The standard InChI is InChI=1S/C38H30N2/c1-38(2)31-21-11-9-19-30(31)36-28-18-8-7-16-26(28)35(24-32(36)38)40(25-14-5-4-6-15-25)34-23-13-20-29-27-17-10-12-22-33(27)39(3)37(29)34/h4-24H,1-3H3. The Morgan fingerprint density at radius 2 is 1.20 bits per heavy atom. The van der Waals surface area contributed by atoms with E-state index in [-0.39, 0.29) is 5.41 Å². The van der Waals surface area contributed by atoms with Gasteiger partial charge in [0.15, 0.2) is 0 Å². The van der Waals surface area contributed by atoms with Crippen LogP contribution in [0.25, 0.3) is 43.7 Å². The summed E-state index contributed by atoms with van der Waals surface area (Å²) in [7, 11) is 2.19. The van der Waals surface area contributed by atoms with E-state index < -0.39 is 0 Å². The lowest BCUT2D eigenvalue weighted by Gasteiger charge is -2.30. The third kappa shape index (κ3) is 3.05. The highest BCUT2D eigenvalue weighted by Gasteiger charge is 2.37. The maximum absolute atomic E-state index is 2.48. The van der Waals surface area contributed by atoms with Gasteiger partial charge in [0.1, 0.15) is 0 Å². The van der Waals surface area contributed by atoms with Crippen LogP contribution in [0.2, 0.25) is 0 Å². The number of nitrogens with zero attached hydrogens (tertiary/aromatic N) is 2. The van der Waals surface area contributed by atoms with E-state index in [2.05, 4.69) is 158 Å². The average Bonchev–Trinajstić information content (AvgIpc) is 3.42. The molecule has 40 heavy (non-hydrogen) atoms. The smallest absolute Gasteiger partial charge is 0.0733 e. The molecule has 0 atom stereocenters. The van der Waals surface area contributed by atoms with Crippen molar-refractivity contribution in [2.75, 3.05) is 4.90 Å². The molecule has 0 fully saturated rings. The fraction of sp³-hybridized carbons (Fsp3) is 0.105. The Morgan fingerprint density at radius 3 is 2.02 bits per heavy atom. The van der Waals surface area contributed by atoms with Gasteiger partial charge in [-0.15, -0.1) is 0 Å². The number of fused-ring (bicyclic) bond motifs is 8. The first-order valence-corrected chi connectivity index (χ1v) is 14.0. The molecular weight excluding hydrogens is 484 g/mol. The van der Waals surface area contributed by atoms with Gasteiger partial charge in [0.25, 0.3) is 0 Å². The van der Waals surface area contributed by atoms with Crippen molar-refractivity contribution in [2.24, 2.45) is 7.05 Å². The van der Waals surface area contributed by atoms with Gasteiger partial charge in [-0.3, -0.25) is 0 Å². The van der Waals surface area contributed by atoms with Crippen molar-refractivity contribution in [1.82, 2.24) is 4.57 Å². The van der Waals surface area contributed by atoms with Gasteiger partial charge in [-0.1, -0.05) is 111 Å². The number of rotatable bonds is 3. The summed E-state index contributed by atoms with van der Waals surface area (Å²) in [5.74, 6) is 0. The van der Waals surface area contributed by atoms with Crippen LogP contribution in [0.15, 0.2) is 127 Å². The summed E-state index contributed by atoms with van der Waals surface area (Å²) in [4.78, 5) is 2.48. The van der Waals surface area contributed by atoms with Crippen molar-refractivity contribution in [1.29, 1.82) is 0 Å². The molecule has 0 N–H and O–H groups in total. The van der Waals surface area contributed by atoms with E-state index in [0.29, 0.717) is 0 Å². The fourth-order valence-electron chi connectivity index (χ4n) is 7.10. The predicted octanol–water partition coefficient (Wildman–Crippen LogP) is 10.3. The SMILES string of the molecule is Cn1c2ccccc2c2cccc(N(c3ccccc3)c3cc4c(c5ccccc35)-c3ccccc3C4(C)C)c21. The second-order valence-electron chi connectivity index (χ2n) is 11.5. The Bertz CT molecular complexity index is 2100. The van der Waals surface area contributed by atoms with Gasteiger partial charge in [-0.25, -0.2) is 0 Å². The third-order valence-electron chi connectivity index (χ3n) is 8.97. The van der Waals surface area contributed by atoms with Gasteiger partial charge < -0.3 is 9.47 Å². The van der Waals surface area contributed by atoms with E-state index in [9.17, 15) is 0 Å². The van der Waals surface area contributed by atoms with Crippen molar-refractivity contribution in [3.63, 3.8) is 0 Å². The molecule has 1 aliphatic carbocycles. The molecule has 1 aromatic heterocycles. The summed E-state index contributed by atoms with van der Waals surface area (Å²) >= 11 is 0. The number of anilines is 3. The highest BCUT2D eigenvalue weighted by molar-refractivity contribution is 6.15. The van der Waals surface area contributed by atoms with Crippen molar-refractivity contribution >= 4 is 49.6 Å². The summed E-state index contributed by atoms with van der Waals surface area (Å²) in [6.45, 7) is 4.74. The Morgan fingerprint density at radius 1 is 0.550 bits per heavy atom. The normalized spacial score (nSPS) is 13.6. The molecule has 0 amide bonds. The lowest BCUT2D eigenvalue weighted by Crippen LogP contribution is -2.17. The molecule has 2 nitrogen and oxygen atoms in total. The minimum atomic E-state index is -0.0985. The van der Waals surface area contributed by atoms with E-state index in [4.69, 9.17) is 0 Å². The summed E-state index contributed by atoms with van der Waals surface area (Å²) in [6, 6.07) is 46.6. The molecule has 0 aliphatic heterocycles. The van der Waals surface area contributed by atoms with Gasteiger partial charge in [-0.05, 0) is 58.0 Å². The first kappa shape index (κ1) is 23.1. The molecule has 8 rings (SSSR count). The van der Waals surface area contributed by atoms with E-state index in [1.165, 1.54) is 66.2 Å². The molecule has 6 aromatic carbocycles. The molecule has 192 valence electrons. The van der Waals surface area contributed by atoms with Crippen LogP contribution in [-0.2, 0) is 12.5 Å². The Kier molecular flexibility index (Phi) is 4.82. The van der Waals surface area contributed by atoms with Crippen LogP contribution in [0, 0.1) is 0 Å². The number of benzene rings is 6. The second-order valence-corrected chi connectivity index (χ2v) is 11.5. The molecule has 0 unspecified atom stereocenters. The minimum Gasteiger partial charge on any atom is -0.342 e. The minimum absolute atomic E-state index is 0.0985. The molecule has 2 heteroatoms. The monoisotopic (exact) mass is 514 g/mol. The number of para-hydroxylation sites is 3. The Balaban J connectivity index is 1.51. The van der Waals surface area contributed by atoms with Crippen LogP contribution in [-0.4, -0.2) is 4.57 Å². The lowest BCUT2D eigenvalue weighted by atomic mass is 9.81. The summed E-state index contributed by atoms with van der Waals surface area (Å²) in [5.41, 5.74) is 11.4. The molecule has 1 aliphatic rings. The molecule has 0 saturated carbocycles.